The molecule has 0 N–H and O–H groups in total. The van der Waals surface area contributed by atoms with Crippen LogP contribution in [0, 0.1) is 0 Å². The van der Waals surface area contributed by atoms with Crippen molar-refractivity contribution in [2.45, 2.75) is 13.5 Å². The first-order valence-corrected chi connectivity index (χ1v) is 5.85. The molecule has 0 aliphatic rings. The number of rotatable bonds is 2. The van der Waals surface area contributed by atoms with Crippen molar-refractivity contribution < 1.29 is 4.79 Å². The Morgan fingerprint density at radius 3 is 2.56 bits per heavy atom. The Morgan fingerprint density at radius 1 is 1.31 bits per heavy atom. The molecule has 1 aromatic heterocycles. The highest BCUT2D eigenvalue weighted by Crippen LogP contribution is 2.35. The maximum Gasteiger partial charge on any atom is 0.153 e. The largest absolute Gasteiger partial charge is 0.331 e. The molecular formula is C11H8Cl3NO. The molecule has 0 aliphatic carbocycles. The number of hydrogen-bond donors (Lipinski definition) is 0. The van der Waals surface area contributed by atoms with Gasteiger partial charge in [0.2, 0.25) is 0 Å². The van der Waals surface area contributed by atoms with E-state index in [9.17, 15) is 4.79 Å². The van der Waals surface area contributed by atoms with Crippen molar-refractivity contribution in [3.05, 3.63) is 32.9 Å². The van der Waals surface area contributed by atoms with Gasteiger partial charge in [0.05, 0.1) is 16.1 Å². The smallest absolute Gasteiger partial charge is 0.153 e. The second-order valence-corrected chi connectivity index (χ2v) is 4.55. The molecule has 5 heteroatoms. The van der Waals surface area contributed by atoms with Gasteiger partial charge < -0.3 is 4.57 Å². The van der Waals surface area contributed by atoms with Crippen LogP contribution in [0.25, 0.3) is 10.9 Å². The molecule has 16 heavy (non-hydrogen) atoms. The Hall–Kier alpha value is -0.700. The first kappa shape index (κ1) is 11.8. The molecule has 2 nitrogen and oxygen atoms in total. The second-order valence-electron chi connectivity index (χ2n) is 3.35. The molecule has 1 heterocycles. The van der Waals surface area contributed by atoms with Crippen LogP contribution in [0.15, 0.2) is 12.1 Å². The number of aryl methyl sites for hydroxylation is 1. The minimum Gasteiger partial charge on any atom is -0.331 e. The number of carbonyl (C=O) groups is 1. The lowest BCUT2D eigenvalue weighted by molar-refractivity contribution is 0.112. The zero-order valence-corrected chi connectivity index (χ0v) is 10.7. The Kier molecular flexibility index (Phi) is 3.15. The van der Waals surface area contributed by atoms with Crippen molar-refractivity contribution in [1.82, 2.24) is 4.57 Å². The summed E-state index contributed by atoms with van der Waals surface area (Å²) in [5.74, 6) is 0. The van der Waals surface area contributed by atoms with E-state index in [1.54, 1.807) is 16.7 Å². The Bertz CT molecular complexity index is 574. The van der Waals surface area contributed by atoms with Crippen molar-refractivity contribution >= 4 is 52.0 Å². The third-order valence-electron chi connectivity index (χ3n) is 2.49. The van der Waals surface area contributed by atoms with Gasteiger partial charge in [-0.05, 0) is 19.1 Å². The van der Waals surface area contributed by atoms with Crippen LogP contribution < -0.4 is 0 Å². The number of aldehydes is 1. The van der Waals surface area contributed by atoms with Crippen molar-refractivity contribution in [1.29, 1.82) is 0 Å². The molecular weight excluding hydrogens is 268 g/mol. The summed E-state index contributed by atoms with van der Waals surface area (Å²) in [7, 11) is 0. The van der Waals surface area contributed by atoms with Crippen LogP contribution in [0.5, 0.6) is 0 Å². The Balaban J connectivity index is 3.00. The molecule has 0 atom stereocenters. The first-order chi connectivity index (χ1) is 7.60. The number of hydrogen-bond acceptors (Lipinski definition) is 1. The fraction of sp³-hybridized carbons (Fsp3) is 0.182. The highest BCUT2D eigenvalue weighted by atomic mass is 35.5. The van der Waals surface area contributed by atoms with E-state index in [0.29, 0.717) is 32.7 Å². The van der Waals surface area contributed by atoms with Crippen LogP contribution in [0.3, 0.4) is 0 Å². The number of aromatic nitrogens is 1. The molecule has 0 bridgehead atoms. The van der Waals surface area contributed by atoms with Gasteiger partial charge in [-0.15, -0.1) is 0 Å². The van der Waals surface area contributed by atoms with Crippen LogP contribution in [-0.2, 0) is 6.54 Å². The average molecular weight is 277 g/mol. The van der Waals surface area contributed by atoms with E-state index in [4.69, 9.17) is 34.8 Å². The van der Waals surface area contributed by atoms with Crippen LogP contribution >= 0.6 is 34.8 Å². The summed E-state index contributed by atoms with van der Waals surface area (Å²) in [4.78, 5) is 11.0. The molecule has 0 amide bonds. The highest BCUT2D eigenvalue weighted by molar-refractivity contribution is 6.41. The van der Waals surface area contributed by atoms with Crippen LogP contribution in [-0.4, -0.2) is 10.9 Å². The van der Waals surface area contributed by atoms with Crippen molar-refractivity contribution in [3.8, 4) is 0 Å². The Morgan fingerprint density at radius 2 is 2.00 bits per heavy atom. The van der Waals surface area contributed by atoms with Gasteiger partial charge in [0, 0.05) is 17.0 Å². The lowest BCUT2D eigenvalue weighted by Gasteiger charge is -2.03. The molecule has 0 saturated heterocycles. The highest BCUT2D eigenvalue weighted by Gasteiger charge is 2.17. The fourth-order valence-corrected chi connectivity index (χ4v) is 2.74. The SMILES string of the molecule is CCn1c(Cl)c(C=O)c2c(Cl)cc(Cl)cc21. The van der Waals surface area contributed by atoms with Gasteiger partial charge >= 0.3 is 0 Å². The quantitative estimate of drug-likeness (QED) is 0.744. The lowest BCUT2D eigenvalue weighted by atomic mass is 10.2. The van der Waals surface area contributed by atoms with Gasteiger partial charge in [0.1, 0.15) is 5.15 Å². The maximum atomic E-state index is 11.0. The van der Waals surface area contributed by atoms with Crippen molar-refractivity contribution in [2.24, 2.45) is 0 Å². The van der Waals surface area contributed by atoms with Crippen LogP contribution in [0.4, 0.5) is 0 Å². The fourth-order valence-electron chi connectivity index (χ4n) is 1.81. The van der Waals surface area contributed by atoms with Gasteiger partial charge in [-0.1, -0.05) is 34.8 Å². The third kappa shape index (κ3) is 1.61. The molecule has 2 rings (SSSR count). The van der Waals surface area contributed by atoms with E-state index in [0.717, 1.165) is 11.8 Å². The van der Waals surface area contributed by atoms with Crippen LogP contribution in [0.1, 0.15) is 17.3 Å². The average Bonchev–Trinajstić information content (AvgIpc) is 2.49. The molecule has 0 radical (unpaired) electrons. The van der Waals surface area contributed by atoms with Crippen LogP contribution in [0.2, 0.25) is 15.2 Å². The minimum absolute atomic E-state index is 0.400. The normalized spacial score (nSPS) is 11.0. The molecule has 0 fully saturated rings. The predicted molar refractivity (Wildman–Crippen MR) is 68.0 cm³/mol. The summed E-state index contributed by atoms with van der Waals surface area (Å²) in [6.07, 6.45) is 0.719. The van der Waals surface area contributed by atoms with Gasteiger partial charge in [0.15, 0.2) is 6.29 Å². The van der Waals surface area contributed by atoms with Gasteiger partial charge in [-0.3, -0.25) is 4.79 Å². The Labute approximate surface area is 108 Å². The summed E-state index contributed by atoms with van der Waals surface area (Å²) in [5.41, 5.74) is 1.20. The van der Waals surface area contributed by atoms with E-state index >= 15 is 0 Å². The summed E-state index contributed by atoms with van der Waals surface area (Å²) >= 11 is 18.1. The van der Waals surface area contributed by atoms with Crippen molar-refractivity contribution in [2.75, 3.05) is 0 Å². The van der Waals surface area contributed by atoms with Gasteiger partial charge in [-0.2, -0.15) is 0 Å². The van der Waals surface area contributed by atoms with E-state index in [1.807, 2.05) is 6.92 Å². The standard InChI is InChI=1S/C11H8Cl3NO/c1-2-15-9-4-6(12)3-8(13)10(9)7(5-16)11(15)14/h3-5H,2H2,1H3. The topological polar surface area (TPSA) is 22.0 Å². The molecule has 84 valence electrons. The minimum atomic E-state index is 0.400. The summed E-state index contributed by atoms with van der Waals surface area (Å²) in [6, 6.07) is 3.36. The number of fused-ring (bicyclic) bond motifs is 1. The number of carbonyl (C=O) groups excluding carboxylic acids is 1. The molecule has 0 saturated carbocycles. The van der Waals surface area contributed by atoms with E-state index in [2.05, 4.69) is 0 Å². The molecule has 0 aliphatic heterocycles. The third-order valence-corrected chi connectivity index (χ3v) is 3.41. The summed E-state index contributed by atoms with van der Waals surface area (Å²) in [5, 5.41) is 2.03. The summed E-state index contributed by atoms with van der Waals surface area (Å²) in [6.45, 7) is 2.59. The van der Waals surface area contributed by atoms with Crippen molar-refractivity contribution in [3.63, 3.8) is 0 Å². The van der Waals surface area contributed by atoms with E-state index in [1.165, 1.54) is 0 Å². The van der Waals surface area contributed by atoms with E-state index in [-0.39, 0.29) is 0 Å². The lowest BCUT2D eigenvalue weighted by Crippen LogP contribution is -1.93. The number of halogens is 3. The molecule has 0 unspecified atom stereocenters. The van der Waals surface area contributed by atoms with Gasteiger partial charge in [0.25, 0.3) is 0 Å². The number of benzene rings is 1. The maximum absolute atomic E-state index is 11.0. The zero-order chi connectivity index (χ0) is 11.9. The second kappa shape index (κ2) is 4.28. The zero-order valence-electron chi connectivity index (χ0n) is 8.43. The monoisotopic (exact) mass is 275 g/mol. The predicted octanol–water partition coefficient (Wildman–Crippen LogP) is 4.43. The molecule has 2 aromatic rings. The molecule has 0 spiro atoms. The molecule has 1 aromatic carbocycles. The first-order valence-electron chi connectivity index (χ1n) is 4.72. The van der Waals surface area contributed by atoms with Gasteiger partial charge in [-0.25, -0.2) is 0 Å². The number of nitrogens with zero attached hydrogens (tertiary/aromatic N) is 1. The van der Waals surface area contributed by atoms with E-state index < -0.39 is 0 Å². The summed E-state index contributed by atoms with van der Waals surface area (Å²) < 4.78 is 1.80.